The average Bonchev–Trinajstić information content (AvgIpc) is 2.86. The summed E-state index contributed by atoms with van der Waals surface area (Å²) >= 11 is 0. The first-order valence-corrected chi connectivity index (χ1v) is 13.0. The van der Waals surface area contributed by atoms with Crippen molar-refractivity contribution in [3.63, 3.8) is 0 Å². The van der Waals surface area contributed by atoms with Gasteiger partial charge in [0, 0.05) is 11.1 Å². The number of hydrogen-bond acceptors (Lipinski definition) is 0. The van der Waals surface area contributed by atoms with Crippen LogP contribution in [0.3, 0.4) is 0 Å². The van der Waals surface area contributed by atoms with Crippen molar-refractivity contribution in [2.45, 2.75) is 66.7 Å². The van der Waals surface area contributed by atoms with Crippen LogP contribution in [0.5, 0.6) is 0 Å². The lowest BCUT2D eigenvalue weighted by Gasteiger charge is -2.22. The Bertz CT molecular complexity index is 981. The highest BCUT2D eigenvalue weighted by molar-refractivity contribution is 5.53. The maximum atomic E-state index is 14.9. The van der Waals surface area contributed by atoms with Gasteiger partial charge in [0.1, 0.15) is 5.83 Å². The minimum Gasteiger partial charge on any atom is -0.206 e. The van der Waals surface area contributed by atoms with Gasteiger partial charge in [0.25, 0.3) is 0 Å². The Hall–Kier alpha value is -2.81. The van der Waals surface area contributed by atoms with E-state index in [0.29, 0.717) is 23.3 Å². The van der Waals surface area contributed by atoms with E-state index in [1.165, 1.54) is 37.1 Å². The molecule has 0 aromatic carbocycles. The molecule has 0 heterocycles. The number of allylic oxidation sites excluding steroid dienone is 13. The molecule has 0 aliphatic rings. The van der Waals surface area contributed by atoms with Gasteiger partial charge in [-0.25, -0.2) is 13.2 Å². The van der Waals surface area contributed by atoms with Gasteiger partial charge in [0.05, 0.1) is 0 Å². The molecule has 0 aliphatic heterocycles. The van der Waals surface area contributed by atoms with Gasteiger partial charge >= 0.3 is 0 Å². The lowest BCUT2D eigenvalue weighted by atomic mass is 9.83. The zero-order valence-electron chi connectivity index (χ0n) is 23.7. The van der Waals surface area contributed by atoms with E-state index in [9.17, 15) is 13.2 Å². The van der Waals surface area contributed by atoms with Crippen molar-refractivity contribution in [2.24, 2.45) is 23.7 Å². The Labute approximate surface area is 224 Å². The first-order valence-electron chi connectivity index (χ1n) is 13.0. The second kappa shape index (κ2) is 16.8. The fourth-order valence-electron chi connectivity index (χ4n) is 3.50. The Balaban J connectivity index is 5.07. The SMILES string of the molecule is C=CCC(=C)/C(F)=C(/F)C(=C)C(=C)/C=C\C(=C)C(=C)/C(F)=C\C(=C)C(C)CCC(C)C(C)CCC(C)C. The van der Waals surface area contributed by atoms with Gasteiger partial charge in [-0.3, -0.25) is 0 Å². The Morgan fingerprint density at radius 1 is 0.676 bits per heavy atom. The highest BCUT2D eigenvalue weighted by Crippen LogP contribution is 2.30. The molecule has 3 atom stereocenters. The molecule has 0 aliphatic carbocycles. The standard InChI is InChI=1S/C34H47F3/c1-13-14-28(9)33(36)34(37)31(12)27(8)20-19-26(7)30(11)32(35)21-29(10)25(6)18-17-24(5)23(4)16-15-22(2)3/h13,19-25H,1,7-12,14-18H2,2-6H3/b20-19-,32-21+,34-33-. The average molecular weight is 513 g/mol. The van der Waals surface area contributed by atoms with E-state index >= 15 is 0 Å². The van der Waals surface area contributed by atoms with Crippen LogP contribution in [0.4, 0.5) is 13.2 Å². The minimum atomic E-state index is -1.15. The molecule has 0 rings (SSSR count). The van der Waals surface area contributed by atoms with Crippen molar-refractivity contribution >= 4 is 0 Å². The maximum Gasteiger partial charge on any atom is 0.166 e. The maximum absolute atomic E-state index is 14.9. The van der Waals surface area contributed by atoms with Crippen molar-refractivity contribution in [1.82, 2.24) is 0 Å². The minimum absolute atomic E-state index is 0.0417. The molecule has 0 amide bonds. The lowest BCUT2D eigenvalue weighted by molar-refractivity contribution is 0.306. The molecule has 0 saturated carbocycles. The molecule has 0 fully saturated rings. The summed E-state index contributed by atoms with van der Waals surface area (Å²) in [4.78, 5) is 0. The first kappa shape index (κ1) is 34.2. The van der Waals surface area contributed by atoms with Crippen molar-refractivity contribution in [3.05, 3.63) is 121 Å². The molecule has 0 bridgehead atoms. The summed E-state index contributed by atoms with van der Waals surface area (Å²) < 4.78 is 43.4. The zero-order valence-corrected chi connectivity index (χ0v) is 23.7. The molecule has 0 saturated heterocycles. The Kier molecular flexibility index (Phi) is 15.6. The van der Waals surface area contributed by atoms with Crippen LogP contribution >= 0.6 is 0 Å². The van der Waals surface area contributed by atoms with Crippen LogP contribution in [0.15, 0.2) is 121 Å². The first-order chi connectivity index (χ1) is 17.1. The summed E-state index contributed by atoms with van der Waals surface area (Å²) in [6, 6.07) is 0. The summed E-state index contributed by atoms with van der Waals surface area (Å²) in [5, 5.41) is 0. The van der Waals surface area contributed by atoms with E-state index in [4.69, 9.17) is 0 Å². The normalized spacial score (nSPS) is 15.1. The largest absolute Gasteiger partial charge is 0.206 e. The third kappa shape index (κ3) is 12.3. The van der Waals surface area contributed by atoms with Gasteiger partial charge in [-0.15, -0.1) is 6.58 Å². The number of halogens is 3. The fraction of sp³-hybridized carbons (Fsp3) is 0.412. The lowest BCUT2D eigenvalue weighted by Crippen LogP contribution is -2.11. The van der Waals surface area contributed by atoms with Crippen LogP contribution in [0, 0.1) is 23.7 Å². The number of rotatable bonds is 18. The Morgan fingerprint density at radius 2 is 1.16 bits per heavy atom. The van der Waals surface area contributed by atoms with Crippen LogP contribution < -0.4 is 0 Å². The summed E-state index contributed by atoms with van der Waals surface area (Å²) in [5.74, 6) is -0.682. The van der Waals surface area contributed by atoms with E-state index in [-0.39, 0.29) is 40.2 Å². The summed E-state index contributed by atoms with van der Waals surface area (Å²) in [6.07, 6.45) is 10.2. The highest BCUT2D eigenvalue weighted by Gasteiger charge is 2.16. The Morgan fingerprint density at radius 3 is 1.65 bits per heavy atom. The molecule has 37 heavy (non-hydrogen) atoms. The van der Waals surface area contributed by atoms with Crippen LogP contribution in [0.25, 0.3) is 0 Å². The summed E-state index contributed by atoms with van der Waals surface area (Å²) in [5.41, 5.74) is 0.894. The monoisotopic (exact) mass is 512 g/mol. The molecule has 0 radical (unpaired) electrons. The smallest absolute Gasteiger partial charge is 0.166 e. The molecule has 3 heteroatoms. The fourth-order valence-corrected chi connectivity index (χ4v) is 3.50. The summed E-state index contributed by atoms with van der Waals surface area (Å²) in [7, 11) is 0. The van der Waals surface area contributed by atoms with Crippen molar-refractivity contribution in [1.29, 1.82) is 0 Å². The molecule has 204 valence electrons. The van der Waals surface area contributed by atoms with Crippen LogP contribution in [0.2, 0.25) is 0 Å². The zero-order chi connectivity index (χ0) is 28.9. The topological polar surface area (TPSA) is 0 Å². The predicted octanol–water partition coefficient (Wildman–Crippen LogP) is 11.6. The van der Waals surface area contributed by atoms with E-state index in [2.05, 4.69) is 80.7 Å². The van der Waals surface area contributed by atoms with E-state index in [1.807, 2.05) is 0 Å². The second-order valence-corrected chi connectivity index (χ2v) is 10.5. The summed E-state index contributed by atoms with van der Waals surface area (Å²) in [6.45, 7) is 37.0. The van der Waals surface area contributed by atoms with E-state index < -0.39 is 17.5 Å². The molecular formula is C34H47F3. The predicted molar refractivity (Wildman–Crippen MR) is 158 cm³/mol. The molecule has 0 aromatic heterocycles. The van der Waals surface area contributed by atoms with Gasteiger partial charge in [0.15, 0.2) is 11.7 Å². The molecule has 0 N–H and O–H groups in total. The van der Waals surface area contributed by atoms with Gasteiger partial charge < -0.3 is 0 Å². The third-order valence-corrected chi connectivity index (χ3v) is 6.88. The van der Waals surface area contributed by atoms with Gasteiger partial charge in [-0.05, 0) is 71.3 Å². The third-order valence-electron chi connectivity index (χ3n) is 6.88. The molecule has 0 spiro atoms. The second-order valence-electron chi connectivity index (χ2n) is 10.5. The molecule has 3 unspecified atom stereocenters. The highest BCUT2D eigenvalue weighted by atomic mass is 19.2. The van der Waals surface area contributed by atoms with Crippen molar-refractivity contribution in [2.75, 3.05) is 0 Å². The van der Waals surface area contributed by atoms with Crippen molar-refractivity contribution < 1.29 is 13.2 Å². The van der Waals surface area contributed by atoms with Gasteiger partial charge in [-0.1, -0.05) is 105 Å². The van der Waals surface area contributed by atoms with Crippen LogP contribution in [-0.2, 0) is 0 Å². The van der Waals surface area contributed by atoms with Gasteiger partial charge in [-0.2, -0.15) is 0 Å². The molecule has 0 aromatic rings. The van der Waals surface area contributed by atoms with E-state index in [0.717, 1.165) is 12.8 Å². The quantitative estimate of drug-likeness (QED) is 0.126. The molecular weight excluding hydrogens is 465 g/mol. The van der Waals surface area contributed by atoms with Crippen molar-refractivity contribution in [3.8, 4) is 0 Å². The van der Waals surface area contributed by atoms with Crippen LogP contribution in [-0.4, -0.2) is 0 Å². The van der Waals surface area contributed by atoms with Crippen LogP contribution in [0.1, 0.15) is 66.7 Å². The molecule has 0 nitrogen and oxygen atoms in total. The van der Waals surface area contributed by atoms with E-state index in [1.54, 1.807) is 0 Å². The van der Waals surface area contributed by atoms with Gasteiger partial charge in [0.2, 0.25) is 0 Å². The number of hydrogen-bond donors (Lipinski definition) is 0.